The van der Waals surface area contributed by atoms with Gasteiger partial charge in [-0.05, 0) is 30.7 Å². The van der Waals surface area contributed by atoms with Crippen molar-refractivity contribution >= 4 is 28.6 Å². The summed E-state index contributed by atoms with van der Waals surface area (Å²) in [6, 6.07) is 14.1. The summed E-state index contributed by atoms with van der Waals surface area (Å²) in [5.41, 5.74) is 3.20. The highest BCUT2D eigenvalue weighted by Gasteiger charge is 2.33. The molecule has 0 spiro atoms. The SMILES string of the molecule is O=C(C1CC(c2cccc(F)c2)=NO1)N1CCCN(c2nc3ccccc3[nH]2)CC1. The zero-order chi connectivity index (χ0) is 20.5. The predicted octanol–water partition coefficient (Wildman–Crippen LogP) is 2.93. The molecule has 0 aliphatic carbocycles. The van der Waals surface area contributed by atoms with Gasteiger partial charge >= 0.3 is 0 Å². The van der Waals surface area contributed by atoms with Crippen LogP contribution in [0, 0.1) is 5.82 Å². The van der Waals surface area contributed by atoms with Gasteiger partial charge in [0, 0.05) is 38.2 Å². The lowest BCUT2D eigenvalue weighted by Gasteiger charge is -2.23. The van der Waals surface area contributed by atoms with E-state index < -0.39 is 6.10 Å². The minimum atomic E-state index is -0.652. The summed E-state index contributed by atoms with van der Waals surface area (Å²) < 4.78 is 13.5. The van der Waals surface area contributed by atoms with E-state index in [1.165, 1.54) is 12.1 Å². The number of nitrogens with one attached hydrogen (secondary N) is 1. The number of aromatic nitrogens is 2. The highest BCUT2D eigenvalue weighted by Crippen LogP contribution is 2.22. The third-order valence-electron chi connectivity index (χ3n) is 5.59. The summed E-state index contributed by atoms with van der Waals surface area (Å²) in [6.45, 7) is 2.76. The van der Waals surface area contributed by atoms with Crippen LogP contribution in [-0.2, 0) is 9.63 Å². The molecule has 1 unspecified atom stereocenters. The molecule has 2 aliphatic heterocycles. The van der Waals surface area contributed by atoms with Crippen molar-refractivity contribution in [3.63, 3.8) is 0 Å². The van der Waals surface area contributed by atoms with Gasteiger partial charge in [0.2, 0.25) is 12.1 Å². The second kappa shape index (κ2) is 7.78. The molecular weight excluding hydrogens is 385 g/mol. The Morgan fingerprint density at radius 2 is 2.00 bits per heavy atom. The van der Waals surface area contributed by atoms with Crippen molar-refractivity contribution in [1.82, 2.24) is 14.9 Å². The second-order valence-electron chi connectivity index (χ2n) is 7.59. The smallest absolute Gasteiger partial charge is 0.266 e. The molecule has 2 aromatic carbocycles. The van der Waals surface area contributed by atoms with Crippen LogP contribution in [0.15, 0.2) is 53.7 Å². The molecule has 0 saturated carbocycles. The zero-order valence-electron chi connectivity index (χ0n) is 16.4. The van der Waals surface area contributed by atoms with Crippen LogP contribution in [0.5, 0.6) is 0 Å². The van der Waals surface area contributed by atoms with Crippen LogP contribution in [0.2, 0.25) is 0 Å². The summed E-state index contributed by atoms with van der Waals surface area (Å²) in [7, 11) is 0. The van der Waals surface area contributed by atoms with Crippen molar-refractivity contribution in [1.29, 1.82) is 0 Å². The Balaban J connectivity index is 1.22. The number of para-hydroxylation sites is 2. The number of amides is 1. The lowest BCUT2D eigenvalue weighted by atomic mass is 10.0. The first kappa shape index (κ1) is 18.6. The van der Waals surface area contributed by atoms with Crippen molar-refractivity contribution in [3.8, 4) is 0 Å². The molecule has 7 nitrogen and oxygen atoms in total. The third-order valence-corrected chi connectivity index (χ3v) is 5.59. The molecule has 154 valence electrons. The van der Waals surface area contributed by atoms with E-state index in [0.29, 0.717) is 37.3 Å². The molecule has 5 rings (SSSR count). The number of imidazole rings is 1. The van der Waals surface area contributed by atoms with Gasteiger partial charge < -0.3 is 19.6 Å². The molecule has 1 amide bonds. The van der Waals surface area contributed by atoms with Crippen LogP contribution in [0.4, 0.5) is 10.3 Å². The zero-order valence-corrected chi connectivity index (χ0v) is 16.4. The lowest BCUT2D eigenvalue weighted by molar-refractivity contribution is -0.141. The molecule has 0 bridgehead atoms. The Bertz CT molecular complexity index is 1080. The largest absolute Gasteiger partial charge is 0.382 e. The molecule has 1 aromatic heterocycles. The summed E-state index contributed by atoms with van der Waals surface area (Å²) in [4.78, 5) is 30.4. The highest BCUT2D eigenvalue weighted by molar-refractivity contribution is 6.04. The fraction of sp³-hybridized carbons (Fsp3) is 0.318. The highest BCUT2D eigenvalue weighted by atomic mass is 19.1. The Morgan fingerprint density at radius 3 is 2.87 bits per heavy atom. The van der Waals surface area contributed by atoms with Gasteiger partial charge in [-0.1, -0.05) is 29.4 Å². The summed E-state index contributed by atoms with van der Waals surface area (Å²) in [5.74, 6) is 0.430. The van der Waals surface area contributed by atoms with E-state index in [0.717, 1.165) is 29.9 Å². The number of anilines is 1. The number of rotatable bonds is 3. The first-order valence-electron chi connectivity index (χ1n) is 10.1. The number of oxime groups is 1. The van der Waals surface area contributed by atoms with Gasteiger partial charge in [0.15, 0.2) is 0 Å². The average Bonchev–Trinajstić information content (AvgIpc) is 3.35. The number of nitrogens with zero attached hydrogens (tertiary/aromatic N) is 4. The topological polar surface area (TPSA) is 73.8 Å². The maximum atomic E-state index is 13.5. The summed E-state index contributed by atoms with van der Waals surface area (Å²) >= 11 is 0. The minimum Gasteiger partial charge on any atom is -0.382 e. The first-order valence-corrected chi connectivity index (χ1v) is 10.1. The Kier molecular flexibility index (Phi) is 4.82. The van der Waals surface area contributed by atoms with Gasteiger partial charge in [-0.3, -0.25) is 4.79 Å². The number of aromatic amines is 1. The van der Waals surface area contributed by atoms with Gasteiger partial charge in [-0.15, -0.1) is 0 Å². The number of fused-ring (bicyclic) bond motifs is 1. The van der Waals surface area contributed by atoms with Gasteiger partial charge in [-0.25, -0.2) is 9.37 Å². The van der Waals surface area contributed by atoms with E-state index >= 15 is 0 Å². The van der Waals surface area contributed by atoms with E-state index in [2.05, 4.69) is 20.0 Å². The first-order chi connectivity index (χ1) is 14.7. The van der Waals surface area contributed by atoms with E-state index in [1.54, 1.807) is 12.1 Å². The number of halogens is 1. The number of carbonyl (C=O) groups excluding carboxylic acids is 1. The minimum absolute atomic E-state index is 0.0726. The maximum absolute atomic E-state index is 13.5. The molecule has 3 heterocycles. The lowest BCUT2D eigenvalue weighted by Crippen LogP contribution is -2.41. The molecule has 2 aliphatic rings. The van der Waals surface area contributed by atoms with Crippen LogP contribution in [0.1, 0.15) is 18.4 Å². The number of carbonyl (C=O) groups is 1. The average molecular weight is 407 g/mol. The molecule has 1 N–H and O–H groups in total. The van der Waals surface area contributed by atoms with E-state index in [9.17, 15) is 9.18 Å². The van der Waals surface area contributed by atoms with Crippen molar-refractivity contribution < 1.29 is 14.0 Å². The number of H-pyrrole nitrogens is 1. The van der Waals surface area contributed by atoms with Gasteiger partial charge in [-0.2, -0.15) is 0 Å². The van der Waals surface area contributed by atoms with Crippen molar-refractivity contribution in [2.75, 3.05) is 31.1 Å². The maximum Gasteiger partial charge on any atom is 0.266 e. The normalized spacial score (nSPS) is 19.5. The molecule has 30 heavy (non-hydrogen) atoms. The number of benzene rings is 2. The summed E-state index contributed by atoms with van der Waals surface area (Å²) in [6.07, 6.45) is 0.542. The summed E-state index contributed by atoms with van der Waals surface area (Å²) in [5, 5.41) is 4.03. The molecule has 0 radical (unpaired) electrons. The Labute approximate surface area is 173 Å². The van der Waals surface area contributed by atoms with Gasteiger partial charge in [0.05, 0.1) is 16.7 Å². The van der Waals surface area contributed by atoms with Crippen LogP contribution < -0.4 is 4.90 Å². The van der Waals surface area contributed by atoms with Crippen LogP contribution in [0.25, 0.3) is 11.0 Å². The monoisotopic (exact) mass is 407 g/mol. The second-order valence-corrected chi connectivity index (χ2v) is 7.59. The quantitative estimate of drug-likeness (QED) is 0.725. The molecule has 8 heteroatoms. The molecule has 3 aromatic rings. The van der Waals surface area contributed by atoms with E-state index in [-0.39, 0.29) is 11.7 Å². The number of hydrogen-bond donors (Lipinski definition) is 1. The fourth-order valence-corrected chi connectivity index (χ4v) is 3.99. The van der Waals surface area contributed by atoms with E-state index in [1.807, 2.05) is 29.2 Å². The van der Waals surface area contributed by atoms with Crippen molar-refractivity contribution in [2.24, 2.45) is 5.16 Å². The molecular formula is C22H22FN5O2. The molecule has 1 atom stereocenters. The molecule has 1 fully saturated rings. The Morgan fingerprint density at radius 1 is 1.10 bits per heavy atom. The third kappa shape index (κ3) is 3.60. The van der Waals surface area contributed by atoms with Crippen LogP contribution in [0.3, 0.4) is 0 Å². The standard InChI is InChI=1S/C22H22FN5O2/c23-16-6-3-5-15(13-16)19-14-20(30-26-19)21(29)27-9-4-10-28(12-11-27)22-24-17-7-1-2-8-18(17)25-22/h1-3,5-8,13,20H,4,9-12,14H2,(H,24,25). The fourth-order valence-electron chi connectivity index (χ4n) is 3.99. The van der Waals surface area contributed by atoms with Gasteiger partial charge in [0.1, 0.15) is 5.82 Å². The Hall–Kier alpha value is -3.42. The predicted molar refractivity (Wildman–Crippen MR) is 112 cm³/mol. The van der Waals surface area contributed by atoms with Gasteiger partial charge in [0.25, 0.3) is 5.91 Å². The van der Waals surface area contributed by atoms with Crippen molar-refractivity contribution in [3.05, 3.63) is 59.9 Å². The molecule has 1 saturated heterocycles. The van der Waals surface area contributed by atoms with Crippen LogP contribution >= 0.6 is 0 Å². The van der Waals surface area contributed by atoms with Crippen LogP contribution in [-0.4, -0.2) is 58.8 Å². The number of hydrogen-bond acceptors (Lipinski definition) is 5. The van der Waals surface area contributed by atoms with Crippen molar-refractivity contribution in [2.45, 2.75) is 18.9 Å². The van der Waals surface area contributed by atoms with E-state index in [4.69, 9.17) is 4.84 Å².